The van der Waals surface area contributed by atoms with E-state index in [1.165, 1.54) is 4.31 Å². The number of rotatable bonds is 6. The lowest BCUT2D eigenvalue weighted by molar-refractivity contribution is 0.413. The molecule has 0 bridgehead atoms. The van der Waals surface area contributed by atoms with Gasteiger partial charge in [-0.15, -0.1) is 35.8 Å². The van der Waals surface area contributed by atoms with Gasteiger partial charge in [-0.2, -0.15) is 4.31 Å². The molecule has 116 valence electrons. The zero-order chi connectivity index (χ0) is 15.0. The summed E-state index contributed by atoms with van der Waals surface area (Å²) in [5, 5.41) is 4.90. The van der Waals surface area contributed by atoms with Crippen LogP contribution >= 0.6 is 22.7 Å². The van der Waals surface area contributed by atoms with E-state index in [1.54, 1.807) is 22.7 Å². The molecule has 0 atom stereocenters. The van der Waals surface area contributed by atoms with Crippen LogP contribution in [0.4, 0.5) is 0 Å². The lowest BCUT2D eigenvalue weighted by atomic mass is 10.4. The predicted octanol–water partition coefficient (Wildman–Crippen LogP) is 3.26. The Kier molecular flexibility index (Phi) is 9.07. The molecular weight excluding hydrogens is 326 g/mol. The molecule has 0 aliphatic rings. The summed E-state index contributed by atoms with van der Waals surface area (Å²) >= 11 is 3.11. The molecule has 0 unspecified atom stereocenters. The summed E-state index contributed by atoms with van der Waals surface area (Å²) in [6, 6.07) is 7.71. The molecule has 2 aromatic heterocycles. The van der Waals surface area contributed by atoms with Crippen molar-refractivity contribution >= 4 is 32.7 Å². The fourth-order valence-electron chi connectivity index (χ4n) is 1.49. The zero-order valence-electron chi connectivity index (χ0n) is 11.6. The molecule has 0 spiro atoms. The Labute approximate surface area is 134 Å². The van der Waals surface area contributed by atoms with E-state index < -0.39 is 10.0 Å². The summed E-state index contributed by atoms with van der Waals surface area (Å²) in [6.45, 7) is 10.2. The molecule has 0 fully saturated rings. The van der Waals surface area contributed by atoms with Crippen molar-refractivity contribution < 1.29 is 13.9 Å². The van der Waals surface area contributed by atoms with Crippen LogP contribution < -0.4 is 0 Å². The topological polar surface area (TPSA) is 68.9 Å². The van der Waals surface area contributed by atoms with Gasteiger partial charge in [0, 0.05) is 28.3 Å². The monoisotopic (exact) mass is 345 g/mol. The van der Waals surface area contributed by atoms with Crippen LogP contribution in [0.15, 0.2) is 60.2 Å². The molecule has 0 aliphatic heterocycles. The van der Waals surface area contributed by atoms with Crippen LogP contribution in [0.2, 0.25) is 0 Å². The lowest BCUT2D eigenvalue weighted by Gasteiger charge is -2.18. The van der Waals surface area contributed by atoms with E-state index in [4.69, 9.17) is 0 Å². The minimum absolute atomic E-state index is 0. The molecule has 21 heavy (non-hydrogen) atoms. The van der Waals surface area contributed by atoms with E-state index in [0.717, 1.165) is 15.2 Å². The van der Waals surface area contributed by atoms with Crippen molar-refractivity contribution in [2.75, 3.05) is 0 Å². The van der Waals surface area contributed by atoms with Gasteiger partial charge in [0.05, 0.1) is 0 Å². The normalized spacial score (nSPS) is 10.3. The first-order valence-corrected chi connectivity index (χ1v) is 9.05. The van der Waals surface area contributed by atoms with Crippen LogP contribution in [0, 0.1) is 0 Å². The number of sulfonamides is 1. The van der Waals surface area contributed by atoms with Gasteiger partial charge < -0.3 is 5.48 Å². The van der Waals surface area contributed by atoms with Gasteiger partial charge in [-0.1, -0.05) is 18.7 Å². The highest BCUT2D eigenvalue weighted by atomic mass is 32.2. The third-order valence-corrected chi connectivity index (χ3v) is 5.52. The lowest BCUT2D eigenvalue weighted by Crippen LogP contribution is -2.27. The first-order valence-electron chi connectivity index (χ1n) is 5.79. The highest BCUT2D eigenvalue weighted by Gasteiger charge is 2.20. The minimum Gasteiger partial charge on any atom is -0.412 e. The van der Waals surface area contributed by atoms with Gasteiger partial charge in [0.2, 0.25) is 10.0 Å². The summed E-state index contributed by atoms with van der Waals surface area (Å²) in [5.74, 6) is 0. The Bertz CT molecular complexity index is 568. The smallest absolute Gasteiger partial charge is 0.236 e. The van der Waals surface area contributed by atoms with E-state index in [0.29, 0.717) is 13.1 Å². The van der Waals surface area contributed by atoms with Gasteiger partial charge in [0.15, 0.2) is 0 Å². The molecule has 2 heterocycles. The zero-order valence-corrected chi connectivity index (χ0v) is 14.0. The number of hydrogen-bond acceptors (Lipinski definition) is 4. The van der Waals surface area contributed by atoms with Gasteiger partial charge in [-0.25, -0.2) is 8.42 Å². The highest BCUT2D eigenvalue weighted by Crippen LogP contribution is 2.20. The van der Waals surface area contributed by atoms with Crippen molar-refractivity contribution in [3.8, 4) is 0 Å². The third kappa shape index (κ3) is 5.94. The van der Waals surface area contributed by atoms with Gasteiger partial charge in [-0.3, -0.25) is 0 Å². The second-order valence-electron chi connectivity index (χ2n) is 3.64. The summed E-state index contributed by atoms with van der Waals surface area (Å²) in [5.41, 5.74) is 0. The fraction of sp³-hybridized carbons (Fsp3) is 0.143. The van der Waals surface area contributed by atoms with Crippen molar-refractivity contribution in [1.82, 2.24) is 4.31 Å². The molecule has 2 rings (SSSR count). The summed E-state index contributed by atoms with van der Waals surface area (Å²) in [6.07, 6.45) is 0. The van der Waals surface area contributed by atoms with Gasteiger partial charge in [0.25, 0.3) is 0 Å². The van der Waals surface area contributed by atoms with E-state index in [9.17, 15) is 8.42 Å². The maximum absolute atomic E-state index is 12.0. The van der Waals surface area contributed by atoms with Gasteiger partial charge >= 0.3 is 0 Å². The van der Waals surface area contributed by atoms with Crippen molar-refractivity contribution in [2.45, 2.75) is 13.1 Å². The summed E-state index contributed by atoms with van der Waals surface area (Å²) < 4.78 is 25.4. The van der Waals surface area contributed by atoms with Crippen LogP contribution in [0.1, 0.15) is 9.75 Å². The molecule has 2 N–H and O–H groups in total. The first kappa shape index (κ1) is 19.8. The highest BCUT2D eigenvalue weighted by molar-refractivity contribution is 7.91. The Morgan fingerprint density at radius 3 is 1.76 bits per heavy atom. The maximum atomic E-state index is 12.0. The molecule has 0 amide bonds. The van der Waals surface area contributed by atoms with E-state index in [1.807, 2.05) is 35.0 Å². The molecular formula is C14H19NO3S3. The largest absolute Gasteiger partial charge is 0.412 e. The van der Waals surface area contributed by atoms with E-state index in [2.05, 4.69) is 19.7 Å². The third-order valence-electron chi connectivity index (χ3n) is 2.40. The van der Waals surface area contributed by atoms with Crippen molar-refractivity contribution in [1.29, 1.82) is 0 Å². The standard InChI is InChI=1S/C12H13NO2S3.C2H4.H2O/c1-2-18(14,15)13(9-11-5-3-7-16-11)10-12-6-4-8-17-12;1-2;/h2-8H,1,9-10H2;1-2H2;1H2. The molecule has 0 saturated heterocycles. The maximum Gasteiger partial charge on any atom is 0.236 e. The number of hydrogen-bond donors (Lipinski definition) is 0. The Hall–Kier alpha value is -1.25. The predicted molar refractivity (Wildman–Crippen MR) is 91.9 cm³/mol. The molecule has 2 aromatic rings. The summed E-state index contributed by atoms with van der Waals surface area (Å²) in [7, 11) is -3.40. The Balaban J connectivity index is 0.00000128. The van der Waals surface area contributed by atoms with Crippen LogP contribution in [0.5, 0.6) is 0 Å². The van der Waals surface area contributed by atoms with Crippen LogP contribution in [0.3, 0.4) is 0 Å². The Morgan fingerprint density at radius 2 is 1.48 bits per heavy atom. The van der Waals surface area contributed by atoms with Crippen molar-refractivity contribution in [3.63, 3.8) is 0 Å². The molecule has 0 radical (unpaired) electrons. The average molecular weight is 346 g/mol. The van der Waals surface area contributed by atoms with E-state index in [-0.39, 0.29) is 5.48 Å². The number of thiophene rings is 2. The van der Waals surface area contributed by atoms with E-state index >= 15 is 0 Å². The van der Waals surface area contributed by atoms with Gasteiger partial charge in [0.1, 0.15) is 0 Å². The summed E-state index contributed by atoms with van der Waals surface area (Å²) in [4.78, 5) is 2.05. The molecule has 7 heteroatoms. The van der Waals surface area contributed by atoms with Gasteiger partial charge in [-0.05, 0) is 22.9 Å². The number of nitrogens with zero attached hydrogens (tertiary/aromatic N) is 1. The van der Waals surface area contributed by atoms with Crippen molar-refractivity contribution in [2.24, 2.45) is 0 Å². The molecule has 0 aromatic carbocycles. The van der Waals surface area contributed by atoms with Crippen LogP contribution in [-0.2, 0) is 23.1 Å². The Morgan fingerprint density at radius 1 is 1.05 bits per heavy atom. The SMILES string of the molecule is C=C.C=CS(=O)(=O)N(Cc1cccs1)Cc1cccs1.O. The minimum atomic E-state index is -3.40. The quantitative estimate of drug-likeness (QED) is 0.754. The van der Waals surface area contributed by atoms with Crippen LogP contribution in [-0.4, -0.2) is 18.2 Å². The molecule has 0 aliphatic carbocycles. The fourth-order valence-corrected chi connectivity index (χ4v) is 3.95. The molecule has 4 nitrogen and oxygen atoms in total. The van der Waals surface area contributed by atoms with Crippen LogP contribution in [0.25, 0.3) is 0 Å². The average Bonchev–Trinajstić information content (AvgIpc) is 3.13. The first-order chi connectivity index (χ1) is 9.62. The van der Waals surface area contributed by atoms with Crippen molar-refractivity contribution in [3.05, 3.63) is 69.9 Å². The second-order valence-corrected chi connectivity index (χ2v) is 7.58. The second kappa shape index (κ2) is 9.64. The molecule has 0 saturated carbocycles.